The van der Waals surface area contributed by atoms with Crippen LogP contribution in [0.1, 0.15) is 37.5 Å². The number of benzene rings is 1. The van der Waals surface area contributed by atoms with Crippen LogP contribution in [0.3, 0.4) is 0 Å². The third-order valence-corrected chi connectivity index (χ3v) is 3.08. The monoisotopic (exact) mass is 291 g/mol. The molecule has 0 unspecified atom stereocenters. The van der Waals surface area contributed by atoms with Gasteiger partial charge in [-0.05, 0) is 29.7 Å². The van der Waals surface area contributed by atoms with Crippen LogP contribution in [0.25, 0.3) is 0 Å². The fraction of sp³-hybridized carbons (Fsp3) is 0.500. The van der Waals surface area contributed by atoms with Gasteiger partial charge < -0.3 is 16.4 Å². The van der Waals surface area contributed by atoms with Gasteiger partial charge in [-0.3, -0.25) is 9.59 Å². The molecule has 4 N–H and O–H groups in total. The Morgan fingerprint density at radius 3 is 2.05 bits per heavy atom. The Morgan fingerprint density at radius 1 is 1.05 bits per heavy atom. The Bertz CT molecular complexity index is 498. The summed E-state index contributed by atoms with van der Waals surface area (Å²) in [4.78, 5) is 22.7. The van der Waals surface area contributed by atoms with Gasteiger partial charge >= 0.3 is 0 Å². The normalized spacial score (nSPS) is 10.5. The van der Waals surface area contributed by atoms with Gasteiger partial charge in [0.05, 0.1) is 0 Å². The highest BCUT2D eigenvalue weighted by Gasteiger charge is 2.07. The van der Waals surface area contributed by atoms with Gasteiger partial charge in [-0.2, -0.15) is 0 Å². The van der Waals surface area contributed by atoms with E-state index >= 15 is 0 Å². The van der Waals surface area contributed by atoms with Gasteiger partial charge in [0, 0.05) is 25.9 Å². The van der Waals surface area contributed by atoms with Crippen LogP contribution in [0.2, 0.25) is 0 Å². The van der Waals surface area contributed by atoms with E-state index in [2.05, 4.69) is 10.6 Å². The quantitative estimate of drug-likeness (QED) is 0.703. The highest BCUT2D eigenvalue weighted by molar-refractivity contribution is 5.77. The zero-order chi connectivity index (χ0) is 15.8. The molecular formula is C16H25N3O2. The highest BCUT2D eigenvalue weighted by Crippen LogP contribution is 2.11. The second kappa shape index (κ2) is 8.42. The van der Waals surface area contributed by atoms with Gasteiger partial charge in [-0.25, -0.2) is 0 Å². The second-order valence-corrected chi connectivity index (χ2v) is 5.48. The van der Waals surface area contributed by atoms with Gasteiger partial charge in [-0.15, -0.1) is 0 Å². The Hall–Kier alpha value is -1.88. The van der Waals surface area contributed by atoms with Crippen molar-refractivity contribution in [3.63, 3.8) is 0 Å². The molecule has 0 aliphatic rings. The van der Waals surface area contributed by atoms with Gasteiger partial charge in [0.2, 0.25) is 11.8 Å². The van der Waals surface area contributed by atoms with Crippen molar-refractivity contribution in [2.75, 3.05) is 6.54 Å². The minimum atomic E-state index is -0.0612. The predicted molar refractivity (Wildman–Crippen MR) is 83.4 cm³/mol. The number of carbonyl (C=O) groups excluding carboxylic acids is 2. The van der Waals surface area contributed by atoms with Gasteiger partial charge in [0.1, 0.15) is 0 Å². The van der Waals surface area contributed by atoms with Crippen LogP contribution in [-0.2, 0) is 29.1 Å². The van der Waals surface area contributed by atoms with Crippen molar-refractivity contribution in [1.29, 1.82) is 0 Å². The van der Waals surface area contributed by atoms with E-state index in [1.807, 2.05) is 32.0 Å². The number of hydrogen-bond donors (Lipinski definition) is 3. The molecule has 0 bridgehead atoms. The Balaban J connectivity index is 2.80. The molecule has 21 heavy (non-hydrogen) atoms. The van der Waals surface area contributed by atoms with E-state index in [1.165, 1.54) is 6.92 Å². The van der Waals surface area contributed by atoms with E-state index in [9.17, 15) is 9.59 Å². The summed E-state index contributed by atoms with van der Waals surface area (Å²) in [6, 6.07) is 6.08. The standard InChI is InChI=1S/C16H25N3O2/c1-11(2)16(21)19-10-15-7-13(4-5-17)6-14(8-15)9-18-12(3)20/h6-8,11H,4-5,9-10,17H2,1-3H3,(H,18,20)(H,19,21). The molecule has 0 radical (unpaired) electrons. The Kier molecular flexibility index (Phi) is 6.88. The molecule has 0 aliphatic carbocycles. The number of carbonyl (C=O) groups is 2. The summed E-state index contributed by atoms with van der Waals surface area (Å²) in [7, 11) is 0. The number of hydrogen-bond acceptors (Lipinski definition) is 3. The fourth-order valence-electron chi connectivity index (χ4n) is 1.97. The molecule has 0 saturated heterocycles. The molecule has 0 atom stereocenters. The molecule has 5 heteroatoms. The molecule has 0 fully saturated rings. The molecule has 0 spiro atoms. The van der Waals surface area contributed by atoms with Crippen molar-refractivity contribution < 1.29 is 9.59 Å². The van der Waals surface area contributed by atoms with Crippen molar-refractivity contribution in [2.24, 2.45) is 11.7 Å². The topological polar surface area (TPSA) is 84.2 Å². The molecular weight excluding hydrogens is 266 g/mol. The van der Waals surface area contributed by atoms with Crippen molar-refractivity contribution in [1.82, 2.24) is 10.6 Å². The van der Waals surface area contributed by atoms with Crippen LogP contribution in [0.4, 0.5) is 0 Å². The van der Waals surface area contributed by atoms with Crippen molar-refractivity contribution >= 4 is 11.8 Å². The fourth-order valence-corrected chi connectivity index (χ4v) is 1.97. The van der Waals surface area contributed by atoms with Crippen LogP contribution in [0, 0.1) is 5.92 Å². The Labute approximate surface area is 126 Å². The number of nitrogens with two attached hydrogens (primary N) is 1. The first-order valence-electron chi connectivity index (χ1n) is 7.26. The summed E-state index contributed by atoms with van der Waals surface area (Å²) in [5.74, 6) is -0.0624. The maximum atomic E-state index is 11.6. The molecule has 0 heterocycles. The summed E-state index contributed by atoms with van der Waals surface area (Å²) < 4.78 is 0. The smallest absolute Gasteiger partial charge is 0.222 e. The lowest BCUT2D eigenvalue weighted by atomic mass is 10.0. The minimum absolute atomic E-state index is 0.0302. The molecule has 1 aromatic carbocycles. The average Bonchev–Trinajstić information content (AvgIpc) is 2.42. The summed E-state index contributed by atoms with van der Waals surface area (Å²) in [6.07, 6.45) is 0.777. The van der Waals surface area contributed by atoms with Crippen molar-refractivity contribution in [2.45, 2.75) is 40.3 Å². The van der Waals surface area contributed by atoms with Crippen LogP contribution in [-0.4, -0.2) is 18.4 Å². The first-order valence-corrected chi connectivity index (χ1v) is 7.26. The van der Waals surface area contributed by atoms with Crippen LogP contribution in [0.5, 0.6) is 0 Å². The first-order chi connectivity index (χ1) is 9.92. The molecule has 116 valence electrons. The van der Waals surface area contributed by atoms with Crippen LogP contribution in [0.15, 0.2) is 18.2 Å². The van der Waals surface area contributed by atoms with Gasteiger partial charge in [-0.1, -0.05) is 32.0 Å². The van der Waals surface area contributed by atoms with E-state index in [1.54, 1.807) is 0 Å². The SMILES string of the molecule is CC(=O)NCc1cc(CCN)cc(CNC(=O)C(C)C)c1. The summed E-state index contributed by atoms with van der Waals surface area (Å²) in [6.45, 7) is 6.76. The summed E-state index contributed by atoms with van der Waals surface area (Å²) in [5, 5.41) is 5.69. The lowest BCUT2D eigenvalue weighted by Crippen LogP contribution is -2.27. The number of rotatable bonds is 7. The lowest BCUT2D eigenvalue weighted by molar-refractivity contribution is -0.124. The lowest BCUT2D eigenvalue weighted by Gasteiger charge is -2.12. The van der Waals surface area contributed by atoms with Crippen LogP contribution >= 0.6 is 0 Å². The zero-order valence-corrected chi connectivity index (χ0v) is 13.0. The molecule has 0 aliphatic heterocycles. The number of amides is 2. The van der Waals surface area contributed by atoms with Gasteiger partial charge in [0.25, 0.3) is 0 Å². The third kappa shape index (κ3) is 6.40. The molecule has 1 aromatic rings. The van der Waals surface area contributed by atoms with Crippen molar-refractivity contribution in [3.05, 3.63) is 34.9 Å². The van der Waals surface area contributed by atoms with E-state index in [0.29, 0.717) is 19.6 Å². The number of nitrogens with one attached hydrogen (secondary N) is 2. The van der Waals surface area contributed by atoms with E-state index in [0.717, 1.165) is 23.1 Å². The summed E-state index contributed by atoms with van der Waals surface area (Å²) >= 11 is 0. The van der Waals surface area contributed by atoms with E-state index < -0.39 is 0 Å². The van der Waals surface area contributed by atoms with E-state index in [4.69, 9.17) is 5.73 Å². The molecule has 0 aromatic heterocycles. The zero-order valence-electron chi connectivity index (χ0n) is 13.0. The maximum Gasteiger partial charge on any atom is 0.222 e. The molecule has 0 saturated carbocycles. The average molecular weight is 291 g/mol. The second-order valence-electron chi connectivity index (χ2n) is 5.48. The largest absolute Gasteiger partial charge is 0.352 e. The Morgan fingerprint density at radius 2 is 1.57 bits per heavy atom. The van der Waals surface area contributed by atoms with E-state index in [-0.39, 0.29) is 17.7 Å². The molecule has 5 nitrogen and oxygen atoms in total. The van der Waals surface area contributed by atoms with Gasteiger partial charge in [0.15, 0.2) is 0 Å². The summed E-state index contributed by atoms with van der Waals surface area (Å²) in [5.41, 5.74) is 8.77. The minimum Gasteiger partial charge on any atom is -0.352 e. The molecule has 2 amide bonds. The first kappa shape index (κ1) is 17.2. The van der Waals surface area contributed by atoms with Crippen molar-refractivity contribution in [3.8, 4) is 0 Å². The van der Waals surface area contributed by atoms with Crippen LogP contribution < -0.4 is 16.4 Å². The third-order valence-electron chi connectivity index (χ3n) is 3.08. The molecule has 1 rings (SSSR count). The highest BCUT2D eigenvalue weighted by atomic mass is 16.2. The predicted octanol–water partition coefficient (Wildman–Crippen LogP) is 1.10. The maximum absolute atomic E-state index is 11.6.